The first kappa shape index (κ1) is 13.5. The lowest BCUT2D eigenvalue weighted by Gasteiger charge is -2.16. The number of hydrogen-bond donors (Lipinski definition) is 2. The number of carbonyl (C=O) groups excluding carboxylic acids is 3. The lowest BCUT2D eigenvalue weighted by atomic mass is 10.1. The standard InChI is InChI=1S/C11H10ClN3O4/c12-7-3-1-2-6-9(7)15(11(18)10(6)17)5-4-8(16)19-14-13/h1-3,14H,4-5,13H2. The number of hydrogen-bond acceptors (Lipinski definition) is 6. The topological polar surface area (TPSA) is 102 Å². The number of anilines is 1. The molecule has 1 heterocycles. The van der Waals surface area contributed by atoms with Gasteiger partial charge < -0.3 is 9.74 Å². The predicted molar refractivity (Wildman–Crippen MR) is 66.2 cm³/mol. The highest BCUT2D eigenvalue weighted by atomic mass is 35.5. The number of fused-ring (bicyclic) bond motifs is 1. The Morgan fingerprint density at radius 1 is 1.42 bits per heavy atom. The second kappa shape index (κ2) is 5.35. The Hall–Kier alpha value is -1.96. The minimum atomic E-state index is -0.711. The van der Waals surface area contributed by atoms with Gasteiger partial charge in [0.1, 0.15) is 0 Å². The van der Waals surface area contributed by atoms with Gasteiger partial charge in [0.2, 0.25) is 0 Å². The third-order valence-electron chi connectivity index (χ3n) is 2.65. The Labute approximate surface area is 113 Å². The van der Waals surface area contributed by atoms with Gasteiger partial charge in [0, 0.05) is 6.54 Å². The molecule has 1 amide bonds. The maximum Gasteiger partial charge on any atom is 0.328 e. The fourth-order valence-corrected chi connectivity index (χ4v) is 2.12. The van der Waals surface area contributed by atoms with Crippen molar-refractivity contribution in [3.8, 4) is 0 Å². The van der Waals surface area contributed by atoms with Gasteiger partial charge in [-0.2, -0.15) is 0 Å². The molecular formula is C11H10ClN3O4. The van der Waals surface area contributed by atoms with Crippen molar-refractivity contribution >= 4 is 34.9 Å². The zero-order valence-electron chi connectivity index (χ0n) is 9.68. The number of Topliss-reactive ketones (excluding diaryl/α,β-unsaturated/α-hetero) is 1. The molecule has 0 saturated carbocycles. The molecule has 0 fully saturated rings. The summed E-state index contributed by atoms with van der Waals surface area (Å²) in [7, 11) is 0. The first-order chi connectivity index (χ1) is 9.06. The summed E-state index contributed by atoms with van der Waals surface area (Å²) in [5, 5.41) is 0.280. The molecule has 1 aromatic carbocycles. The Balaban J connectivity index is 2.21. The van der Waals surface area contributed by atoms with Gasteiger partial charge in [-0.15, -0.1) is 0 Å². The number of benzene rings is 1. The maximum atomic E-state index is 11.8. The van der Waals surface area contributed by atoms with Crippen molar-refractivity contribution < 1.29 is 19.2 Å². The average molecular weight is 284 g/mol. The molecule has 0 atom stereocenters. The van der Waals surface area contributed by atoms with Crippen molar-refractivity contribution in [3.05, 3.63) is 28.8 Å². The fraction of sp³-hybridized carbons (Fsp3) is 0.182. The van der Waals surface area contributed by atoms with E-state index < -0.39 is 17.7 Å². The zero-order valence-corrected chi connectivity index (χ0v) is 10.4. The van der Waals surface area contributed by atoms with Crippen molar-refractivity contribution in [2.24, 2.45) is 5.84 Å². The molecule has 100 valence electrons. The Morgan fingerprint density at radius 3 is 2.84 bits per heavy atom. The molecule has 1 aliphatic heterocycles. The summed E-state index contributed by atoms with van der Waals surface area (Å²) < 4.78 is 0. The lowest BCUT2D eigenvalue weighted by Crippen LogP contribution is -2.34. The number of carbonyl (C=O) groups is 3. The van der Waals surface area contributed by atoms with Crippen LogP contribution in [0.2, 0.25) is 5.02 Å². The largest absolute Gasteiger partial charge is 0.356 e. The first-order valence-corrected chi connectivity index (χ1v) is 5.74. The minimum absolute atomic E-state index is 0.0121. The van der Waals surface area contributed by atoms with Gasteiger partial charge in [0.05, 0.1) is 22.7 Å². The van der Waals surface area contributed by atoms with Gasteiger partial charge in [-0.25, -0.2) is 5.84 Å². The normalized spacial score (nSPS) is 13.7. The van der Waals surface area contributed by atoms with Crippen LogP contribution in [0, 0.1) is 0 Å². The highest BCUT2D eigenvalue weighted by molar-refractivity contribution is 6.54. The molecule has 19 heavy (non-hydrogen) atoms. The summed E-state index contributed by atoms with van der Waals surface area (Å²) in [5.41, 5.74) is 2.31. The summed E-state index contributed by atoms with van der Waals surface area (Å²) in [4.78, 5) is 40.2. The van der Waals surface area contributed by atoms with Gasteiger partial charge >= 0.3 is 5.97 Å². The summed E-state index contributed by atoms with van der Waals surface area (Å²) in [5.74, 6) is 2.82. The second-order valence-corrected chi connectivity index (χ2v) is 4.17. The van der Waals surface area contributed by atoms with Gasteiger partial charge in [0.15, 0.2) is 0 Å². The molecule has 0 radical (unpaired) electrons. The average Bonchev–Trinajstić information content (AvgIpc) is 2.62. The molecule has 0 unspecified atom stereocenters. The third kappa shape index (κ3) is 2.43. The van der Waals surface area contributed by atoms with Crippen molar-refractivity contribution in [2.45, 2.75) is 6.42 Å². The molecule has 0 spiro atoms. The monoisotopic (exact) mass is 283 g/mol. The highest BCUT2D eigenvalue weighted by Crippen LogP contribution is 2.35. The van der Waals surface area contributed by atoms with Crippen molar-refractivity contribution in [3.63, 3.8) is 0 Å². The molecule has 8 heteroatoms. The van der Waals surface area contributed by atoms with Crippen LogP contribution < -0.4 is 16.3 Å². The Morgan fingerprint density at radius 2 is 2.16 bits per heavy atom. The number of hydrazine groups is 1. The van der Waals surface area contributed by atoms with Crippen LogP contribution in [0.3, 0.4) is 0 Å². The van der Waals surface area contributed by atoms with E-state index >= 15 is 0 Å². The van der Waals surface area contributed by atoms with Crippen LogP contribution in [0.5, 0.6) is 0 Å². The van der Waals surface area contributed by atoms with E-state index in [0.717, 1.165) is 4.90 Å². The van der Waals surface area contributed by atoms with Crippen LogP contribution in [0.4, 0.5) is 5.69 Å². The van der Waals surface area contributed by atoms with Crippen LogP contribution in [-0.4, -0.2) is 24.2 Å². The van der Waals surface area contributed by atoms with E-state index in [-0.39, 0.29) is 23.6 Å². The van der Waals surface area contributed by atoms with Crippen LogP contribution in [0.1, 0.15) is 16.8 Å². The quantitative estimate of drug-likeness (QED) is 0.464. The molecular weight excluding hydrogens is 274 g/mol. The Bertz CT molecular complexity index is 561. The molecule has 1 aliphatic rings. The molecule has 2 rings (SSSR count). The van der Waals surface area contributed by atoms with Crippen molar-refractivity contribution in [1.82, 2.24) is 5.59 Å². The number of nitrogens with two attached hydrogens (primary N) is 1. The van der Waals surface area contributed by atoms with Crippen LogP contribution in [-0.2, 0) is 14.4 Å². The highest BCUT2D eigenvalue weighted by Gasteiger charge is 2.37. The van der Waals surface area contributed by atoms with Gasteiger partial charge in [-0.1, -0.05) is 23.3 Å². The summed E-state index contributed by atoms with van der Waals surface area (Å²) in [6.45, 7) is -0.0121. The number of para-hydroxylation sites is 1. The van der Waals surface area contributed by atoms with E-state index in [1.165, 1.54) is 6.07 Å². The number of amides is 1. The summed E-state index contributed by atoms with van der Waals surface area (Å²) >= 11 is 5.98. The summed E-state index contributed by atoms with van der Waals surface area (Å²) in [6, 6.07) is 4.67. The first-order valence-electron chi connectivity index (χ1n) is 5.36. The maximum absolute atomic E-state index is 11.8. The molecule has 0 aliphatic carbocycles. The zero-order chi connectivity index (χ0) is 14.0. The van der Waals surface area contributed by atoms with Gasteiger partial charge in [0.25, 0.3) is 11.7 Å². The van der Waals surface area contributed by atoms with E-state index in [4.69, 9.17) is 17.4 Å². The van der Waals surface area contributed by atoms with Crippen LogP contribution in [0.15, 0.2) is 18.2 Å². The van der Waals surface area contributed by atoms with Crippen LogP contribution >= 0.6 is 11.6 Å². The van der Waals surface area contributed by atoms with Crippen LogP contribution in [0.25, 0.3) is 0 Å². The molecule has 0 aromatic heterocycles. The van der Waals surface area contributed by atoms with E-state index in [0.29, 0.717) is 5.69 Å². The van der Waals surface area contributed by atoms with Gasteiger partial charge in [-0.3, -0.25) is 14.4 Å². The Kier molecular flexibility index (Phi) is 3.79. The smallest absolute Gasteiger partial charge is 0.328 e. The second-order valence-electron chi connectivity index (χ2n) is 3.76. The SMILES string of the molecule is NNOC(=O)CCN1C(=O)C(=O)c2cccc(Cl)c21. The van der Waals surface area contributed by atoms with E-state index in [1.807, 2.05) is 0 Å². The van der Waals surface area contributed by atoms with E-state index in [1.54, 1.807) is 17.7 Å². The van der Waals surface area contributed by atoms with Crippen molar-refractivity contribution in [1.29, 1.82) is 0 Å². The molecule has 1 aromatic rings. The number of nitrogens with zero attached hydrogens (tertiary/aromatic N) is 1. The number of nitrogens with one attached hydrogen (secondary N) is 1. The molecule has 0 saturated heterocycles. The minimum Gasteiger partial charge on any atom is -0.356 e. The fourth-order valence-electron chi connectivity index (χ4n) is 1.85. The summed E-state index contributed by atoms with van der Waals surface area (Å²) in [6.07, 6.45) is -0.117. The van der Waals surface area contributed by atoms with Gasteiger partial charge in [-0.05, 0) is 12.1 Å². The predicted octanol–water partition coefficient (Wildman–Crippen LogP) is 0.181. The van der Waals surface area contributed by atoms with E-state index in [2.05, 4.69) is 4.84 Å². The molecule has 3 N–H and O–H groups in total. The molecule has 7 nitrogen and oxygen atoms in total. The number of halogens is 1. The number of rotatable bonds is 4. The van der Waals surface area contributed by atoms with E-state index in [9.17, 15) is 14.4 Å². The third-order valence-corrected chi connectivity index (χ3v) is 2.96. The number of ketones is 1. The van der Waals surface area contributed by atoms with Crippen molar-refractivity contribution in [2.75, 3.05) is 11.4 Å². The lowest BCUT2D eigenvalue weighted by molar-refractivity contribution is -0.150. The molecule has 0 bridgehead atoms.